The molecule has 0 spiro atoms. The van der Waals surface area contributed by atoms with Crippen molar-refractivity contribution >= 4 is 54.0 Å². The van der Waals surface area contributed by atoms with E-state index in [1.165, 1.54) is 11.8 Å². The van der Waals surface area contributed by atoms with Gasteiger partial charge in [-0.2, -0.15) is 24.4 Å². The first-order chi connectivity index (χ1) is 15.1. The number of amides is 4. The Morgan fingerprint density at radius 3 is 2.00 bits per heavy atom. The molecule has 0 aliphatic carbocycles. The second-order valence-corrected chi connectivity index (χ2v) is 8.40. The molecule has 4 atom stereocenters. The maximum Gasteiger partial charge on any atom is 0.327 e. The summed E-state index contributed by atoms with van der Waals surface area (Å²) < 4.78 is 0. The zero-order valence-corrected chi connectivity index (χ0v) is 19.8. The number of thiol groups is 1. The van der Waals surface area contributed by atoms with Crippen molar-refractivity contribution < 1.29 is 29.1 Å². The normalized spacial score (nSPS) is 14.5. The number of nitrogens with one attached hydrogen (secondary N) is 3. The van der Waals surface area contributed by atoms with Gasteiger partial charge in [0.2, 0.25) is 23.6 Å². The molecule has 4 unspecified atom stereocenters. The number of carbonyl (C=O) groups excluding carboxylic acids is 4. The first-order valence-electron chi connectivity index (χ1n) is 10.0. The van der Waals surface area contributed by atoms with Crippen molar-refractivity contribution in [2.75, 3.05) is 24.3 Å². The molecule has 184 valence electrons. The minimum absolute atomic E-state index is 0.202. The lowest BCUT2D eigenvalue weighted by atomic mass is 10.1. The third kappa shape index (κ3) is 12.1. The first-order valence-corrected chi connectivity index (χ1v) is 12.1. The van der Waals surface area contributed by atoms with Crippen LogP contribution in [0, 0.1) is 0 Å². The van der Waals surface area contributed by atoms with Crippen LogP contribution in [0.5, 0.6) is 0 Å². The fraction of sp³-hybridized carbons (Fsp3) is 0.722. The van der Waals surface area contributed by atoms with Gasteiger partial charge in [-0.25, -0.2) is 4.79 Å². The summed E-state index contributed by atoms with van der Waals surface area (Å²) in [6.07, 6.45) is 3.27. The van der Waals surface area contributed by atoms with Gasteiger partial charge in [-0.15, -0.1) is 0 Å². The average Bonchev–Trinajstić information content (AvgIpc) is 2.73. The number of aliphatic carboxylic acids is 1. The highest BCUT2D eigenvalue weighted by molar-refractivity contribution is 7.98. The fourth-order valence-corrected chi connectivity index (χ4v) is 3.28. The molecule has 0 aromatic carbocycles. The van der Waals surface area contributed by atoms with Crippen LogP contribution in [-0.4, -0.2) is 83.2 Å². The first kappa shape index (κ1) is 30.0. The molecule has 14 heteroatoms. The zero-order chi connectivity index (χ0) is 24.7. The van der Waals surface area contributed by atoms with Gasteiger partial charge < -0.3 is 38.3 Å². The van der Waals surface area contributed by atoms with Crippen LogP contribution in [-0.2, 0) is 24.0 Å². The molecule has 0 aromatic rings. The van der Waals surface area contributed by atoms with Gasteiger partial charge in [0, 0.05) is 5.75 Å². The predicted molar refractivity (Wildman–Crippen MR) is 125 cm³/mol. The number of rotatable bonds is 17. The van der Waals surface area contributed by atoms with Crippen LogP contribution in [0.15, 0.2) is 0 Å². The smallest absolute Gasteiger partial charge is 0.327 e. The minimum Gasteiger partial charge on any atom is -0.480 e. The summed E-state index contributed by atoms with van der Waals surface area (Å²) in [6.45, 7) is 0.479. The third-order valence-corrected chi connectivity index (χ3v) is 5.39. The van der Waals surface area contributed by atoms with E-state index >= 15 is 0 Å². The molecule has 4 amide bonds. The Morgan fingerprint density at radius 2 is 1.50 bits per heavy atom. The molecule has 0 saturated heterocycles. The Morgan fingerprint density at radius 1 is 0.938 bits per heavy atom. The lowest BCUT2D eigenvalue weighted by molar-refractivity contribution is -0.141. The molecule has 12 nitrogen and oxygen atoms in total. The van der Waals surface area contributed by atoms with Gasteiger partial charge in [0.1, 0.15) is 18.1 Å². The second-order valence-electron chi connectivity index (χ2n) is 7.05. The quantitative estimate of drug-likeness (QED) is 0.0792. The number of carbonyl (C=O) groups is 5. The van der Waals surface area contributed by atoms with Crippen molar-refractivity contribution in [1.29, 1.82) is 0 Å². The summed E-state index contributed by atoms with van der Waals surface area (Å²) in [5.41, 5.74) is 16.5. The lowest BCUT2D eigenvalue weighted by Crippen LogP contribution is -2.58. The third-order valence-electron chi connectivity index (χ3n) is 4.39. The van der Waals surface area contributed by atoms with Crippen LogP contribution in [0.2, 0.25) is 0 Å². The van der Waals surface area contributed by atoms with Crippen molar-refractivity contribution in [3.05, 3.63) is 0 Å². The maximum atomic E-state index is 12.8. The van der Waals surface area contributed by atoms with E-state index in [0.717, 1.165) is 0 Å². The fourth-order valence-electron chi connectivity index (χ4n) is 2.56. The van der Waals surface area contributed by atoms with E-state index in [-0.39, 0.29) is 12.2 Å². The van der Waals surface area contributed by atoms with Crippen LogP contribution in [0.3, 0.4) is 0 Å². The Kier molecular flexibility index (Phi) is 15.5. The van der Waals surface area contributed by atoms with Gasteiger partial charge in [-0.05, 0) is 37.8 Å². The van der Waals surface area contributed by atoms with Crippen LogP contribution in [0.25, 0.3) is 0 Å². The largest absolute Gasteiger partial charge is 0.480 e. The number of carboxylic acid groups (broad SMARTS) is 1. The van der Waals surface area contributed by atoms with E-state index < -0.39 is 60.2 Å². The minimum atomic E-state index is -1.42. The molecular weight excluding hydrogens is 460 g/mol. The van der Waals surface area contributed by atoms with Crippen LogP contribution in [0.1, 0.15) is 32.1 Å². The molecular formula is C18H34N6O6S2. The summed E-state index contributed by atoms with van der Waals surface area (Å²) in [5.74, 6) is -4.05. The maximum absolute atomic E-state index is 12.8. The average molecular weight is 495 g/mol. The van der Waals surface area contributed by atoms with E-state index in [1.807, 2.05) is 6.26 Å². The highest BCUT2D eigenvalue weighted by Gasteiger charge is 2.30. The zero-order valence-electron chi connectivity index (χ0n) is 18.0. The second kappa shape index (κ2) is 16.6. The molecule has 0 bridgehead atoms. The Labute approximate surface area is 196 Å². The van der Waals surface area contributed by atoms with E-state index in [1.54, 1.807) is 0 Å². The summed E-state index contributed by atoms with van der Waals surface area (Å²) >= 11 is 5.30. The standard InChI is InChI=1S/C18H34N6O6S2/c1-32-7-5-11(22-15(26)10(20)4-2-3-6-19)16(27)23-12(8-14(21)25)17(28)24-13(9-31)18(29)30/h10-13,31H,2-9,19-20H2,1H3,(H2,21,25)(H,22,26)(H,23,27)(H,24,28)(H,29,30). The molecule has 0 fully saturated rings. The van der Waals surface area contributed by atoms with Gasteiger partial charge in [-0.3, -0.25) is 19.2 Å². The number of unbranched alkanes of at least 4 members (excludes halogenated alkanes) is 1. The Balaban J connectivity index is 5.30. The van der Waals surface area contributed by atoms with E-state index in [2.05, 4.69) is 28.6 Å². The van der Waals surface area contributed by atoms with Crippen molar-refractivity contribution in [3.63, 3.8) is 0 Å². The molecule has 0 saturated carbocycles. The van der Waals surface area contributed by atoms with Crippen molar-refractivity contribution in [3.8, 4) is 0 Å². The van der Waals surface area contributed by atoms with E-state index in [4.69, 9.17) is 22.3 Å². The van der Waals surface area contributed by atoms with Gasteiger partial charge in [0.25, 0.3) is 0 Å². The summed E-state index contributed by atoms with van der Waals surface area (Å²) in [7, 11) is 0. The molecule has 0 heterocycles. The molecule has 0 aliphatic rings. The topological polar surface area (TPSA) is 220 Å². The molecule has 0 radical (unpaired) electrons. The van der Waals surface area contributed by atoms with E-state index in [0.29, 0.717) is 31.6 Å². The number of nitrogens with two attached hydrogens (primary N) is 3. The SMILES string of the molecule is CSCCC(NC(=O)C(N)CCCCN)C(=O)NC(CC(N)=O)C(=O)NC(CS)C(=O)O. The van der Waals surface area contributed by atoms with Gasteiger partial charge in [-0.1, -0.05) is 6.42 Å². The van der Waals surface area contributed by atoms with Crippen LogP contribution < -0.4 is 33.2 Å². The van der Waals surface area contributed by atoms with Gasteiger partial charge in [0.05, 0.1) is 12.5 Å². The van der Waals surface area contributed by atoms with Crippen molar-refractivity contribution in [2.24, 2.45) is 17.2 Å². The summed E-state index contributed by atoms with van der Waals surface area (Å²) in [5, 5.41) is 16.2. The van der Waals surface area contributed by atoms with Gasteiger partial charge in [0.15, 0.2) is 0 Å². The molecule has 32 heavy (non-hydrogen) atoms. The molecule has 0 aromatic heterocycles. The predicted octanol–water partition coefficient (Wildman–Crippen LogP) is -2.46. The van der Waals surface area contributed by atoms with E-state index in [9.17, 15) is 24.0 Å². The number of primary amides is 1. The van der Waals surface area contributed by atoms with Crippen LogP contribution in [0.4, 0.5) is 0 Å². The summed E-state index contributed by atoms with van der Waals surface area (Å²) in [6, 6.07) is -4.59. The monoisotopic (exact) mass is 494 g/mol. The van der Waals surface area contributed by atoms with Crippen molar-refractivity contribution in [2.45, 2.75) is 56.3 Å². The number of carboxylic acids is 1. The van der Waals surface area contributed by atoms with Crippen LogP contribution >= 0.6 is 24.4 Å². The van der Waals surface area contributed by atoms with Crippen molar-refractivity contribution in [1.82, 2.24) is 16.0 Å². The Hall–Kier alpha value is -2.03. The highest BCUT2D eigenvalue weighted by atomic mass is 32.2. The van der Waals surface area contributed by atoms with Gasteiger partial charge >= 0.3 is 5.97 Å². The number of thioether (sulfide) groups is 1. The molecule has 0 rings (SSSR count). The molecule has 10 N–H and O–H groups in total. The lowest BCUT2D eigenvalue weighted by Gasteiger charge is -2.24. The number of hydrogen-bond donors (Lipinski definition) is 8. The molecule has 0 aliphatic heterocycles. The Bertz CT molecular complexity index is 653. The summed E-state index contributed by atoms with van der Waals surface area (Å²) in [4.78, 5) is 60.1. The number of hydrogen-bond acceptors (Lipinski definition) is 9. The highest BCUT2D eigenvalue weighted by Crippen LogP contribution is 2.05.